The predicted molar refractivity (Wildman–Crippen MR) is 68.9 cm³/mol. The molecule has 92 valence electrons. The molecule has 0 bridgehead atoms. The number of nitrogens with one attached hydrogen (secondary N) is 1. The van der Waals surface area contributed by atoms with E-state index in [-0.39, 0.29) is 5.92 Å². The third-order valence-electron chi connectivity index (χ3n) is 2.43. The molecule has 0 fully saturated rings. The van der Waals surface area contributed by atoms with Gasteiger partial charge in [0, 0.05) is 25.7 Å². The summed E-state index contributed by atoms with van der Waals surface area (Å²) in [7, 11) is 0. The molecule has 5 heteroatoms. The van der Waals surface area contributed by atoms with Crippen LogP contribution in [0.1, 0.15) is 20.8 Å². The van der Waals surface area contributed by atoms with Gasteiger partial charge in [0.2, 0.25) is 0 Å². The fourth-order valence-corrected chi connectivity index (χ4v) is 1.55. The lowest BCUT2D eigenvalue weighted by molar-refractivity contribution is 0.678. The van der Waals surface area contributed by atoms with Crippen LogP contribution < -0.4 is 10.2 Å². The van der Waals surface area contributed by atoms with Gasteiger partial charge in [-0.05, 0) is 20.8 Å². The van der Waals surface area contributed by atoms with E-state index in [1.807, 2.05) is 19.9 Å². The fraction of sp³-hybridized carbons (Fsp3) is 0.583. The first-order valence-corrected chi connectivity index (χ1v) is 5.91. The lowest BCUT2D eigenvalue weighted by atomic mass is 10.2. The normalized spacial score (nSPS) is 11.6. The summed E-state index contributed by atoms with van der Waals surface area (Å²) in [6.45, 7) is 8.34. The smallest absolute Gasteiger partial charge is 0.134 e. The average Bonchev–Trinajstić information content (AvgIpc) is 2.36. The van der Waals surface area contributed by atoms with Crippen LogP contribution in [0, 0.1) is 17.2 Å². The SMILES string of the molecule is CCNc1cc(N(CC)CC(C)C#N)ncn1. The van der Waals surface area contributed by atoms with Crippen LogP contribution in [0.3, 0.4) is 0 Å². The molecule has 0 aliphatic carbocycles. The number of anilines is 2. The highest BCUT2D eigenvalue weighted by Gasteiger charge is 2.10. The minimum atomic E-state index is -0.00694. The third kappa shape index (κ3) is 3.91. The van der Waals surface area contributed by atoms with Crippen LogP contribution >= 0.6 is 0 Å². The zero-order valence-corrected chi connectivity index (χ0v) is 10.6. The van der Waals surface area contributed by atoms with Crippen molar-refractivity contribution >= 4 is 11.6 Å². The van der Waals surface area contributed by atoms with Gasteiger partial charge >= 0.3 is 0 Å². The number of nitriles is 1. The fourth-order valence-electron chi connectivity index (χ4n) is 1.55. The molecule has 1 atom stereocenters. The van der Waals surface area contributed by atoms with Crippen molar-refractivity contribution in [3.8, 4) is 6.07 Å². The molecule has 0 aliphatic heterocycles. The monoisotopic (exact) mass is 233 g/mol. The van der Waals surface area contributed by atoms with E-state index in [2.05, 4.69) is 33.2 Å². The maximum absolute atomic E-state index is 8.84. The molecule has 0 saturated heterocycles. The molecule has 0 amide bonds. The average molecular weight is 233 g/mol. The molecule has 1 aromatic rings. The Bertz CT molecular complexity index is 385. The van der Waals surface area contributed by atoms with Crippen molar-refractivity contribution in [1.82, 2.24) is 9.97 Å². The molecule has 17 heavy (non-hydrogen) atoms. The van der Waals surface area contributed by atoms with Gasteiger partial charge in [0.25, 0.3) is 0 Å². The van der Waals surface area contributed by atoms with Gasteiger partial charge in [-0.15, -0.1) is 0 Å². The Balaban J connectivity index is 2.81. The second-order valence-electron chi connectivity index (χ2n) is 3.86. The first-order chi connectivity index (χ1) is 8.21. The summed E-state index contributed by atoms with van der Waals surface area (Å²) in [5.74, 6) is 1.67. The largest absolute Gasteiger partial charge is 0.370 e. The molecule has 1 unspecified atom stereocenters. The number of hydrogen-bond acceptors (Lipinski definition) is 5. The van der Waals surface area contributed by atoms with Gasteiger partial charge in [-0.1, -0.05) is 0 Å². The number of hydrogen-bond donors (Lipinski definition) is 1. The van der Waals surface area contributed by atoms with E-state index in [9.17, 15) is 0 Å². The quantitative estimate of drug-likeness (QED) is 0.813. The maximum atomic E-state index is 8.84. The van der Waals surface area contributed by atoms with Crippen LogP contribution in [-0.2, 0) is 0 Å². The predicted octanol–water partition coefficient (Wildman–Crippen LogP) is 1.89. The Morgan fingerprint density at radius 2 is 2.24 bits per heavy atom. The van der Waals surface area contributed by atoms with E-state index in [4.69, 9.17) is 5.26 Å². The summed E-state index contributed by atoms with van der Waals surface area (Å²) >= 11 is 0. The second-order valence-corrected chi connectivity index (χ2v) is 3.86. The first-order valence-electron chi connectivity index (χ1n) is 5.91. The van der Waals surface area contributed by atoms with Crippen molar-refractivity contribution in [3.63, 3.8) is 0 Å². The van der Waals surface area contributed by atoms with Crippen molar-refractivity contribution in [2.75, 3.05) is 29.9 Å². The number of aromatic nitrogens is 2. The van der Waals surface area contributed by atoms with Crippen LogP contribution in [0.2, 0.25) is 0 Å². The maximum Gasteiger partial charge on any atom is 0.134 e. The number of rotatable bonds is 6. The Hall–Kier alpha value is -1.83. The number of nitrogens with zero attached hydrogens (tertiary/aromatic N) is 4. The molecule has 0 saturated carbocycles. The molecule has 1 heterocycles. The zero-order valence-electron chi connectivity index (χ0n) is 10.6. The molecule has 1 aromatic heterocycles. The van der Waals surface area contributed by atoms with Crippen LogP contribution in [0.25, 0.3) is 0 Å². The Morgan fingerprint density at radius 1 is 1.47 bits per heavy atom. The molecule has 0 radical (unpaired) electrons. The van der Waals surface area contributed by atoms with E-state index >= 15 is 0 Å². The highest BCUT2D eigenvalue weighted by atomic mass is 15.2. The summed E-state index contributed by atoms with van der Waals surface area (Å²) in [4.78, 5) is 10.5. The minimum absolute atomic E-state index is 0.00694. The van der Waals surface area contributed by atoms with Gasteiger partial charge < -0.3 is 10.2 Å². The first kappa shape index (κ1) is 13.2. The molecular weight excluding hydrogens is 214 g/mol. The topological polar surface area (TPSA) is 64.8 Å². The van der Waals surface area contributed by atoms with Crippen molar-refractivity contribution < 1.29 is 0 Å². The standard InChI is InChI=1S/C12H19N5/c1-4-14-11-6-12(16-9-15-11)17(5-2)8-10(3)7-13/h6,9-10H,4-5,8H2,1-3H3,(H,14,15,16). The van der Waals surface area contributed by atoms with Gasteiger partial charge in [-0.2, -0.15) is 5.26 Å². The molecule has 1 N–H and O–H groups in total. The van der Waals surface area contributed by atoms with E-state index in [1.54, 1.807) is 6.33 Å². The molecular formula is C12H19N5. The summed E-state index contributed by atoms with van der Waals surface area (Å²) < 4.78 is 0. The summed E-state index contributed by atoms with van der Waals surface area (Å²) in [5, 5.41) is 12.0. The summed E-state index contributed by atoms with van der Waals surface area (Å²) in [5.41, 5.74) is 0. The molecule has 0 aromatic carbocycles. The Labute approximate surface area is 102 Å². The summed E-state index contributed by atoms with van der Waals surface area (Å²) in [6.07, 6.45) is 1.55. The minimum Gasteiger partial charge on any atom is -0.370 e. The summed E-state index contributed by atoms with van der Waals surface area (Å²) in [6, 6.07) is 4.15. The molecule has 0 spiro atoms. The van der Waals surface area contributed by atoms with Gasteiger partial charge in [-0.25, -0.2) is 9.97 Å². The zero-order chi connectivity index (χ0) is 12.7. The van der Waals surface area contributed by atoms with Crippen molar-refractivity contribution in [1.29, 1.82) is 5.26 Å². The van der Waals surface area contributed by atoms with Gasteiger partial charge in [0.05, 0.1) is 12.0 Å². The molecule has 5 nitrogen and oxygen atoms in total. The third-order valence-corrected chi connectivity index (χ3v) is 2.43. The van der Waals surface area contributed by atoms with E-state index < -0.39 is 0 Å². The van der Waals surface area contributed by atoms with Crippen LogP contribution in [0.4, 0.5) is 11.6 Å². The van der Waals surface area contributed by atoms with Gasteiger partial charge in [0.15, 0.2) is 0 Å². The lowest BCUT2D eigenvalue weighted by Crippen LogP contribution is -2.28. The van der Waals surface area contributed by atoms with Gasteiger partial charge in [-0.3, -0.25) is 0 Å². The van der Waals surface area contributed by atoms with Crippen LogP contribution in [0.5, 0.6) is 0 Å². The molecule has 1 rings (SSSR count). The van der Waals surface area contributed by atoms with Crippen molar-refractivity contribution in [2.24, 2.45) is 5.92 Å². The van der Waals surface area contributed by atoms with Crippen LogP contribution in [-0.4, -0.2) is 29.6 Å². The van der Waals surface area contributed by atoms with E-state index in [0.29, 0.717) is 6.54 Å². The highest BCUT2D eigenvalue weighted by molar-refractivity contribution is 5.48. The Morgan fingerprint density at radius 3 is 2.82 bits per heavy atom. The second kappa shape index (κ2) is 6.69. The van der Waals surface area contributed by atoms with Crippen LogP contribution in [0.15, 0.2) is 12.4 Å². The Kier molecular flexibility index (Phi) is 5.21. The molecule has 0 aliphatic rings. The van der Waals surface area contributed by atoms with Crippen molar-refractivity contribution in [2.45, 2.75) is 20.8 Å². The van der Waals surface area contributed by atoms with E-state index in [0.717, 1.165) is 24.7 Å². The van der Waals surface area contributed by atoms with E-state index in [1.165, 1.54) is 0 Å². The highest BCUT2D eigenvalue weighted by Crippen LogP contribution is 2.15. The lowest BCUT2D eigenvalue weighted by Gasteiger charge is -2.23. The van der Waals surface area contributed by atoms with Crippen molar-refractivity contribution in [3.05, 3.63) is 12.4 Å². The van der Waals surface area contributed by atoms with Gasteiger partial charge in [0.1, 0.15) is 18.0 Å².